The van der Waals surface area contributed by atoms with Crippen LogP contribution < -0.4 is 0 Å². The smallest absolute Gasteiger partial charge is 0.190 e. The molecule has 0 aromatic carbocycles. The molecule has 0 fully saturated rings. The first kappa shape index (κ1) is 9.88. The van der Waals surface area contributed by atoms with Crippen LogP contribution in [-0.2, 0) is 4.43 Å². The van der Waals surface area contributed by atoms with Gasteiger partial charge in [-0.25, -0.2) is 0 Å². The minimum Gasteiger partial charge on any atom is -0.415 e. The van der Waals surface area contributed by atoms with E-state index in [0.717, 1.165) is 6.04 Å². The Hall–Kier alpha value is -0.123. The number of allylic oxidation sites excluding steroid dienone is 1. The Kier molecular flexibility index (Phi) is 4.60. The molecule has 2 nitrogen and oxygen atoms in total. The molecule has 0 rings (SSSR count). The molecule has 0 spiro atoms. The Labute approximate surface area is 63.7 Å². The molecule has 60 valence electrons. The monoisotopic (exact) mass is 160 g/mol. The first-order valence-corrected chi connectivity index (χ1v) is 6.59. The lowest BCUT2D eigenvalue weighted by atomic mass is 10.8. The normalized spacial score (nSPS) is 11.5. The maximum atomic E-state index is 8.47. The lowest BCUT2D eigenvalue weighted by Gasteiger charge is -2.19. The molecule has 0 unspecified atom stereocenters. The van der Waals surface area contributed by atoms with Gasteiger partial charge in [-0.15, -0.1) is 6.58 Å². The lowest BCUT2D eigenvalue weighted by Crippen LogP contribution is -2.30. The van der Waals surface area contributed by atoms with E-state index in [1.54, 1.807) is 0 Å². The van der Waals surface area contributed by atoms with Gasteiger partial charge in [0.1, 0.15) is 0 Å². The molecule has 1 N–H and O–H groups in total. The third-order valence-corrected chi connectivity index (χ3v) is 3.48. The molecule has 0 radical (unpaired) electrons. The Balaban J connectivity index is 3.51. The van der Waals surface area contributed by atoms with E-state index in [1.165, 1.54) is 0 Å². The van der Waals surface area contributed by atoms with Crippen LogP contribution in [0, 0.1) is 0 Å². The molecule has 3 heteroatoms. The Bertz CT molecular complexity index is 102. The highest BCUT2D eigenvalue weighted by Crippen LogP contribution is 2.10. The van der Waals surface area contributed by atoms with E-state index in [1.807, 2.05) is 6.08 Å². The van der Waals surface area contributed by atoms with Gasteiger partial charge in [0.25, 0.3) is 0 Å². The summed E-state index contributed by atoms with van der Waals surface area (Å²) in [6, 6.07) is 0.951. The predicted molar refractivity (Wildman–Crippen MR) is 45.5 cm³/mol. The zero-order chi connectivity index (χ0) is 8.04. The SMILES string of the molecule is C=CC[Si](C)(C)OCCO. The number of rotatable bonds is 5. The summed E-state index contributed by atoms with van der Waals surface area (Å²) in [5, 5.41) is 8.47. The minimum absolute atomic E-state index is 0.119. The quantitative estimate of drug-likeness (QED) is 0.486. The van der Waals surface area contributed by atoms with Gasteiger partial charge in [-0.1, -0.05) is 6.08 Å². The van der Waals surface area contributed by atoms with Gasteiger partial charge in [0.15, 0.2) is 8.32 Å². The highest BCUT2D eigenvalue weighted by Gasteiger charge is 2.19. The first-order chi connectivity index (χ1) is 4.62. The zero-order valence-electron chi connectivity index (χ0n) is 6.76. The lowest BCUT2D eigenvalue weighted by molar-refractivity contribution is 0.196. The topological polar surface area (TPSA) is 29.5 Å². The van der Waals surface area contributed by atoms with Crippen LogP contribution in [0.25, 0.3) is 0 Å². The first-order valence-electron chi connectivity index (χ1n) is 3.48. The summed E-state index contributed by atoms with van der Waals surface area (Å²) in [7, 11) is -1.50. The molecule has 0 amide bonds. The van der Waals surface area contributed by atoms with Gasteiger partial charge in [-0.3, -0.25) is 0 Å². The van der Waals surface area contributed by atoms with Crippen LogP contribution >= 0.6 is 0 Å². The average molecular weight is 160 g/mol. The molecule has 0 aromatic rings. The van der Waals surface area contributed by atoms with Gasteiger partial charge in [-0.2, -0.15) is 0 Å². The second-order valence-electron chi connectivity index (χ2n) is 2.82. The van der Waals surface area contributed by atoms with Crippen molar-refractivity contribution in [2.45, 2.75) is 19.1 Å². The summed E-state index contributed by atoms with van der Waals surface area (Å²) in [5.74, 6) is 0. The van der Waals surface area contributed by atoms with Crippen molar-refractivity contribution in [2.75, 3.05) is 13.2 Å². The molecule has 0 heterocycles. The largest absolute Gasteiger partial charge is 0.415 e. The third kappa shape index (κ3) is 4.73. The molecule has 0 atom stereocenters. The second kappa shape index (κ2) is 4.66. The van der Waals surface area contributed by atoms with Gasteiger partial charge in [0.05, 0.1) is 13.2 Å². The molecule has 0 aromatic heterocycles. The van der Waals surface area contributed by atoms with Crippen molar-refractivity contribution < 1.29 is 9.53 Å². The third-order valence-electron chi connectivity index (χ3n) is 1.22. The number of hydrogen-bond acceptors (Lipinski definition) is 2. The standard InChI is InChI=1S/C7H16O2Si/c1-4-7-10(2,3)9-6-5-8/h4,8H,1,5-7H2,2-3H3. The van der Waals surface area contributed by atoms with Crippen LogP contribution in [0.5, 0.6) is 0 Å². The summed E-state index contributed by atoms with van der Waals surface area (Å²) in [4.78, 5) is 0. The van der Waals surface area contributed by atoms with Crippen LogP contribution in [0.3, 0.4) is 0 Å². The van der Waals surface area contributed by atoms with E-state index < -0.39 is 8.32 Å². The van der Waals surface area contributed by atoms with Crippen LogP contribution in [0.1, 0.15) is 0 Å². The van der Waals surface area contributed by atoms with Crippen LogP contribution in [0.15, 0.2) is 12.7 Å². The van der Waals surface area contributed by atoms with Gasteiger partial charge >= 0.3 is 0 Å². The van der Waals surface area contributed by atoms with E-state index in [9.17, 15) is 0 Å². The fraction of sp³-hybridized carbons (Fsp3) is 0.714. The minimum atomic E-state index is -1.50. The van der Waals surface area contributed by atoms with E-state index in [0.29, 0.717) is 6.61 Å². The summed E-state index contributed by atoms with van der Waals surface area (Å²) in [5.41, 5.74) is 0. The number of aliphatic hydroxyl groups excluding tert-OH is 1. The van der Waals surface area contributed by atoms with E-state index in [4.69, 9.17) is 9.53 Å². The molecular formula is C7H16O2Si. The average Bonchev–Trinajstić information content (AvgIpc) is 1.84. The van der Waals surface area contributed by atoms with Crippen molar-refractivity contribution in [1.29, 1.82) is 0 Å². The van der Waals surface area contributed by atoms with Crippen molar-refractivity contribution in [3.63, 3.8) is 0 Å². The maximum absolute atomic E-state index is 8.47. The van der Waals surface area contributed by atoms with Gasteiger partial charge in [0, 0.05) is 0 Å². The van der Waals surface area contributed by atoms with Crippen LogP contribution in [0.4, 0.5) is 0 Å². The molecule has 0 aliphatic rings. The van der Waals surface area contributed by atoms with Gasteiger partial charge < -0.3 is 9.53 Å². The summed E-state index contributed by atoms with van der Waals surface area (Å²) in [6.07, 6.45) is 1.88. The molecule has 0 bridgehead atoms. The summed E-state index contributed by atoms with van der Waals surface area (Å²) in [6.45, 7) is 8.46. The Morgan fingerprint density at radius 2 is 2.20 bits per heavy atom. The predicted octanol–water partition coefficient (Wildman–Crippen LogP) is 1.39. The fourth-order valence-corrected chi connectivity index (χ4v) is 2.19. The van der Waals surface area contributed by atoms with Crippen molar-refractivity contribution in [3.8, 4) is 0 Å². The molecule has 0 saturated carbocycles. The van der Waals surface area contributed by atoms with E-state index in [-0.39, 0.29) is 6.61 Å². The highest BCUT2D eigenvalue weighted by molar-refractivity contribution is 6.71. The number of hydrogen-bond donors (Lipinski definition) is 1. The molecule has 0 aliphatic carbocycles. The second-order valence-corrected chi connectivity index (χ2v) is 7.04. The highest BCUT2D eigenvalue weighted by atomic mass is 28.4. The zero-order valence-corrected chi connectivity index (χ0v) is 7.76. The van der Waals surface area contributed by atoms with E-state index >= 15 is 0 Å². The molecule has 10 heavy (non-hydrogen) atoms. The van der Waals surface area contributed by atoms with Gasteiger partial charge in [-0.05, 0) is 19.1 Å². The van der Waals surface area contributed by atoms with Gasteiger partial charge in [0.2, 0.25) is 0 Å². The van der Waals surface area contributed by atoms with Crippen LogP contribution in [-0.4, -0.2) is 26.6 Å². The Morgan fingerprint density at radius 1 is 1.60 bits per heavy atom. The van der Waals surface area contributed by atoms with E-state index in [2.05, 4.69) is 19.7 Å². The Morgan fingerprint density at radius 3 is 2.60 bits per heavy atom. The molecular weight excluding hydrogens is 144 g/mol. The number of aliphatic hydroxyl groups is 1. The van der Waals surface area contributed by atoms with Crippen molar-refractivity contribution in [3.05, 3.63) is 12.7 Å². The van der Waals surface area contributed by atoms with Crippen molar-refractivity contribution in [2.24, 2.45) is 0 Å². The molecule has 0 saturated heterocycles. The molecule has 0 aliphatic heterocycles. The maximum Gasteiger partial charge on any atom is 0.190 e. The van der Waals surface area contributed by atoms with Crippen molar-refractivity contribution >= 4 is 8.32 Å². The fourth-order valence-electron chi connectivity index (χ4n) is 0.728. The summed E-state index contributed by atoms with van der Waals surface area (Å²) < 4.78 is 5.44. The van der Waals surface area contributed by atoms with Crippen LogP contribution in [0.2, 0.25) is 19.1 Å². The van der Waals surface area contributed by atoms with Crippen molar-refractivity contribution in [1.82, 2.24) is 0 Å². The summed E-state index contributed by atoms with van der Waals surface area (Å²) >= 11 is 0.